The van der Waals surface area contributed by atoms with Gasteiger partial charge in [0.25, 0.3) is 0 Å². The Morgan fingerprint density at radius 2 is 1.67 bits per heavy atom. The lowest BCUT2D eigenvalue weighted by Gasteiger charge is -2.39. The van der Waals surface area contributed by atoms with Crippen molar-refractivity contribution in [2.24, 2.45) is 5.92 Å². The first kappa shape index (κ1) is 21.4. The van der Waals surface area contributed by atoms with Crippen molar-refractivity contribution >= 4 is 11.7 Å². The Hall–Kier alpha value is -1.79. The van der Waals surface area contributed by atoms with Crippen LogP contribution in [0.1, 0.15) is 52.4 Å². The van der Waals surface area contributed by atoms with Crippen molar-refractivity contribution in [3.8, 4) is 5.75 Å². The number of carbonyl (C=O) groups excluding carboxylic acids is 1. The van der Waals surface area contributed by atoms with Crippen LogP contribution in [0.15, 0.2) is 24.3 Å². The number of piperidine rings is 1. The number of ether oxygens (including phenoxy) is 2. The zero-order valence-corrected chi connectivity index (χ0v) is 18.5. The van der Waals surface area contributed by atoms with Gasteiger partial charge in [0.2, 0.25) is 0 Å². The number of anilines is 1. The second kappa shape index (κ2) is 10.0. The first-order valence-corrected chi connectivity index (χ1v) is 11.8. The Bertz CT molecular complexity index is 671. The Labute approximate surface area is 180 Å². The summed E-state index contributed by atoms with van der Waals surface area (Å²) in [4.78, 5) is 17.2. The summed E-state index contributed by atoms with van der Waals surface area (Å²) in [7, 11) is 0. The molecule has 6 heteroatoms. The zero-order chi connectivity index (χ0) is 20.9. The molecule has 2 unspecified atom stereocenters. The molecule has 0 aromatic heterocycles. The predicted octanol–water partition coefficient (Wildman–Crippen LogP) is 4.36. The van der Waals surface area contributed by atoms with E-state index in [1.807, 2.05) is 29.2 Å². The van der Waals surface area contributed by atoms with Gasteiger partial charge < -0.3 is 19.7 Å². The molecule has 0 spiro atoms. The number of urea groups is 1. The van der Waals surface area contributed by atoms with Gasteiger partial charge in [0, 0.05) is 38.4 Å². The minimum absolute atomic E-state index is 0.00604. The van der Waals surface area contributed by atoms with Gasteiger partial charge in [-0.15, -0.1) is 0 Å². The number of carbonyl (C=O) groups is 1. The van der Waals surface area contributed by atoms with Gasteiger partial charge in [0.15, 0.2) is 0 Å². The lowest BCUT2D eigenvalue weighted by molar-refractivity contribution is -0.0728. The number of hydrogen-bond donors (Lipinski definition) is 1. The van der Waals surface area contributed by atoms with Crippen molar-refractivity contribution in [2.45, 2.75) is 70.7 Å². The summed E-state index contributed by atoms with van der Waals surface area (Å²) in [6.07, 6.45) is 7.96. The second-order valence-corrected chi connectivity index (χ2v) is 9.39. The van der Waals surface area contributed by atoms with E-state index in [4.69, 9.17) is 9.47 Å². The average molecular weight is 416 g/mol. The summed E-state index contributed by atoms with van der Waals surface area (Å²) < 4.78 is 11.8. The monoisotopic (exact) mass is 415 g/mol. The largest absolute Gasteiger partial charge is 0.490 e. The molecule has 1 aromatic carbocycles. The standard InChI is InChI=1S/C24H37N3O3/c1-18-15-26(16-19(2)29-18)17-20-11-13-27(14-12-20)24(28)25-21-7-9-23(10-8-21)30-22-5-3-4-6-22/h7-10,18-20,22H,3-6,11-17H2,1-2H3,(H,25,28). The summed E-state index contributed by atoms with van der Waals surface area (Å²) in [6.45, 7) is 9.13. The van der Waals surface area contributed by atoms with Gasteiger partial charge in [0.1, 0.15) is 5.75 Å². The van der Waals surface area contributed by atoms with E-state index in [1.165, 1.54) is 12.8 Å². The maximum absolute atomic E-state index is 12.7. The van der Waals surface area contributed by atoms with Crippen LogP contribution in [0.2, 0.25) is 0 Å². The van der Waals surface area contributed by atoms with Gasteiger partial charge >= 0.3 is 6.03 Å². The maximum atomic E-state index is 12.7. The van der Waals surface area contributed by atoms with Crippen molar-refractivity contribution in [2.75, 3.05) is 38.0 Å². The number of rotatable bonds is 5. The molecule has 1 N–H and O–H groups in total. The Balaban J connectivity index is 1.19. The van der Waals surface area contributed by atoms with Crippen LogP contribution in [-0.4, -0.2) is 66.9 Å². The summed E-state index contributed by atoms with van der Waals surface area (Å²) in [5, 5.41) is 3.04. The molecular formula is C24H37N3O3. The number of likely N-dealkylation sites (tertiary alicyclic amines) is 1. The van der Waals surface area contributed by atoms with E-state index in [2.05, 4.69) is 24.1 Å². The fraction of sp³-hybridized carbons (Fsp3) is 0.708. The maximum Gasteiger partial charge on any atom is 0.321 e. The molecule has 3 aliphatic rings. The smallest absolute Gasteiger partial charge is 0.321 e. The van der Waals surface area contributed by atoms with Crippen molar-refractivity contribution in [1.82, 2.24) is 9.80 Å². The summed E-state index contributed by atoms with van der Waals surface area (Å²) in [6, 6.07) is 7.81. The lowest BCUT2D eigenvalue weighted by atomic mass is 9.96. The van der Waals surface area contributed by atoms with E-state index in [0.717, 1.165) is 69.8 Å². The third kappa shape index (κ3) is 5.88. The Kier molecular flexibility index (Phi) is 7.16. The van der Waals surface area contributed by atoms with Gasteiger partial charge in [-0.2, -0.15) is 0 Å². The quantitative estimate of drug-likeness (QED) is 0.776. The molecule has 2 amide bonds. The van der Waals surface area contributed by atoms with E-state index in [-0.39, 0.29) is 6.03 Å². The molecule has 166 valence electrons. The fourth-order valence-electron chi connectivity index (χ4n) is 5.14. The number of nitrogens with zero attached hydrogens (tertiary/aromatic N) is 2. The van der Waals surface area contributed by atoms with Crippen molar-refractivity contribution in [3.05, 3.63) is 24.3 Å². The van der Waals surface area contributed by atoms with Crippen LogP contribution in [-0.2, 0) is 4.74 Å². The zero-order valence-electron chi connectivity index (χ0n) is 18.5. The molecule has 0 bridgehead atoms. The highest BCUT2D eigenvalue weighted by Crippen LogP contribution is 2.26. The van der Waals surface area contributed by atoms with Crippen LogP contribution >= 0.6 is 0 Å². The first-order valence-electron chi connectivity index (χ1n) is 11.8. The van der Waals surface area contributed by atoms with Gasteiger partial charge in [-0.05, 0) is 82.6 Å². The van der Waals surface area contributed by atoms with Gasteiger partial charge in [-0.1, -0.05) is 0 Å². The molecule has 2 atom stereocenters. The molecule has 4 rings (SSSR count). The second-order valence-electron chi connectivity index (χ2n) is 9.39. The minimum atomic E-state index is 0.00604. The topological polar surface area (TPSA) is 54.0 Å². The third-order valence-electron chi connectivity index (χ3n) is 6.62. The Morgan fingerprint density at radius 3 is 2.30 bits per heavy atom. The normalized spacial score (nSPS) is 26.7. The number of hydrogen-bond acceptors (Lipinski definition) is 4. The van der Waals surface area contributed by atoms with Crippen molar-refractivity contribution in [1.29, 1.82) is 0 Å². The third-order valence-corrected chi connectivity index (χ3v) is 6.62. The van der Waals surface area contributed by atoms with Crippen LogP contribution in [0.4, 0.5) is 10.5 Å². The summed E-state index contributed by atoms with van der Waals surface area (Å²) in [5.74, 6) is 1.56. The van der Waals surface area contributed by atoms with E-state index >= 15 is 0 Å². The number of nitrogens with one attached hydrogen (secondary N) is 1. The van der Waals surface area contributed by atoms with E-state index in [0.29, 0.717) is 24.2 Å². The van der Waals surface area contributed by atoms with Crippen LogP contribution in [0.3, 0.4) is 0 Å². The highest BCUT2D eigenvalue weighted by Gasteiger charge is 2.28. The summed E-state index contributed by atoms with van der Waals surface area (Å²) in [5.41, 5.74) is 0.831. The highest BCUT2D eigenvalue weighted by molar-refractivity contribution is 5.89. The molecule has 30 heavy (non-hydrogen) atoms. The molecule has 2 saturated heterocycles. The molecule has 0 radical (unpaired) electrons. The highest BCUT2D eigenvalue weighted by atomic mass is 16.5. The van der Waals surface area contributed by atoms with E-state index in [9.17, 15) is 4.79 Å². The van der Waals surface area contributed by atoms with E-state index in [1.54, 1.807) is 0 Å². The SMILES string of the molecule is CC1CN(CC2CCN(C(=O)Nc3ccc(OC4CCCC4)cc3)CC2)CC(C)O1. The average Bonchev–Trinajstić information content (AvgIpc) is 3.22. The lowest BCUT2D eigenvalue weighted by Crippen LogP contribution is -2.49. The molecule has 1 aromatic rings. The number of morpholine rings is 1. The number of benzene rings is 1. The van der Waals surface area contributed by atoms with Gasteiger partial charge in [-0.25, -0.2) is 4.79 Å². The molecular weight excluding hydrogens is 378 g/mol. The summed E-state index contributed by atoms with van der Waals surface area (Å²) >= 11 is 0. The number of amides is 2. The van der Waals surface area contributed by atoms with Crippen LogP contribution in [0, 0.1) is 5.92 Å². The van der Waals surface area contributed by atoms with Crippen LogP contribution in [0.5, 0.6) is 5.75 Å². The molecule has 1 saturated carbocycles. The molecule has 1 aliphatic carbocycles. The molecule has 2 aliphatic heterocycles. The molecule has 6 nitrogen and oxygen atoms in total. The van der Waals surface area contributed by atoms with Gasteiger partial charge in [-0.3, -0.25) is 4.90 Å². The Morgan fingerprint density at radius 1 is 1.03 bits per heavy atom. The van der Waals surface area contributed by atoms with Crippen molar-refractivity contribution < 1.29 is 14.3 Å². The predicted molar refractivity (Wildman–Crippen MR) is 119 cm³/mol. The van der Waals surface area contributed by atoms with Gasteiger partial charge in [0.05, 0.1) is 18.3 Å². The first-order chi connectivity index (χ1) is 14.5. The molecule has 2 heterocycles. The van der Waals surface area contributed by atoms with Crippen molar-refractivity contribution in [3.63, 3.8) is 0 Å². The van der Waals surface area contributed by atoms with E-state index < -0.39 is 0 Å². The molecule has 3 fully saturated rings. The van der Waals surface area contributed by atoms with Crippen LogP contribution in [0.25, 0.3) is 0 Å². The fourth-order valence-corrected chi connectivity index (χ4v) is 5.14. The van der Waals surface area contributed by atoms with Crippen LogP contribution < -0.4 is 10.1 Å². The minimum Gasteiger partial charge on any atom is -0.490 e.